The van der Waals surface area contributed by atoms with E-state index < -0.39 is 0 Å². The van der Waals surface area contributed by atoms with Gasteiger partial charge in [-0.25, -0.2) is 0 Å². The molecule has 0 radical (unpaired) electrons. The van der Waals surface area contributed by atoms with Crippen LogP contribution in [0.3, 0.4) is 0 Å². The highest BCUT2D eigenvalue weighted by Gasteiger charge is 2.19. The molecule has 0 aliphatic heterocycles. The maximum atomic E-state index is 6.63. The van der Waals surface area contributed by atoms with Gasteiger partial charge in [-0.1, -0.05) is 91.0 Å². The van der Waals surface area contributed by atoms with Crippen molar-refractivity contribution in [1.29, 1.82) is 0 Å². The predicted molar refractivity (Wildman–Crippen MR) is 116 cm³/mol. The van der Waals surface area contributed by atoms with Crippen LogP contribution >= 0.6 is 23.1 Å². The maximum Gasteiger partial charge on any atom is 0.0708 e. The third kappa shape index (κ3) is 3.55. The third-order valence-electron chi connectivity index (χ3n) is 4.22. The zero-order valence-corrected chi connectivity index (χ0v) is 15.9. The Balaban J connectivity index is 1.76. The van der Waals surface area contributed by atoms with E-state index in [4.69, 9.17) is 5.73 Å². The van der Waals surface area contributed by atoms with Gasteiger partial charge in [-0.05, 0) is 16.7 Å². The zero-order valence-electron chi connectivity index (χ0n) is 14.3. The van der Waals surface area contributed by atoms with Crippen LogP contribution in [0.1, 0.15) is 5.56 Å². The van der Waals surface area contributed by atoms with Crippen molar-refractivity contribution >= 4 is 28.8 Å². The number of anilines is 1. The molecular formula is C23H19NS2. The second kappa shape index (κ2) is 7.81. The van der Waals surface area contributed by atoms with Crippen LogP contribution in [-0.2, 0) is 5.75 Å². The minimum absolute atomic E-state index is 0.878. The number of benzene rings is 3. The molecule has 3 heteroatoms. The molecule has 0 aliphatic rings. The Hall–Kier alpha value is -2.49. The number of thioether (sulfide) groups is 1. The molecule has 0 saturated heterocycles. The summed E-state index contributed by atoms with van der Waals surface area (Å²) in [5, 5.41) is 0. The summed E-state index contributed by atoms with van der Waals surface area (Å²) in [5.41, 5.74) is 12.4. The lowest BCUT2D eigenvalue weighted by Crippen LogP contribution is -1.89. The van der Waals surface area contributed by atoms with Gasteiger partial charge in [-0.15, -0.1) is 23.1 Å². The van der Waals surface area contributed by atoms with Gasteiger partial charge in [0, 0.05) is 11.3 Å². The quantitative estimate of drug-likeness (QED) is 0.383. The van der Waals surface area contributed by atoms with E-state index in [2.05, 4.69) is 78.9 Å². The third-order valence-corrected chi connectivity index (χ3v) is 6.82. The zero-order chi connectivity index (χ0) is 17.8. The van der Waals surface area contributed by atoms with Crippen LogP contribution in [0.5, 0.6) is 0 Å². The average molecular weight is 374 g/mol. The van der Waals surface area contributed by atoms with Gasteiger partial charge in [0.05, 0.1) is 14.8 Å². The molecule has 26 heavy (non-hydrogen) atoms. The van der Waals surface area contributed by atoms with Crippen LogP contribution in [0, 0.1) is 0 Å². The molecule has 0 saturated carbocycles. The molecule has 4 aromatic rings. The molecule has 4 rings (SSSR count). The molecule has 1 nitrogen and oxygen atoms in total. The monoisotopic (exact) mass is 373 g/mol. The lowest BCUT2D eigenvalue weighted by atomic mass is 10.1. The van der Waals surface area contributed by atoms with Crippen LogP contribution < -0.4 is 5.73 Å². The fraction of sp³-hybridized carbons (Fsp3) is 0.0435. The molecule has 0 spiro atoms. The number of nitrogens with two attached hydrogens (primary N) is 1. The topological polar surface area (TPSA) is 26.0 Å². The first-order valence-corrected chi connectivity index (χ1v) is 10.3. The predicted octanol–water partition coefficient (Wildman–Crippen LogP) is 6.96. The van der Waals surface area contributed by atoms with Crippen LogP contribution in [0.25, 0.3) is 21.6 Å². The van der Waals surface area contributed by atoms with Crippen molar-refractivity contribution in [2.24, 2.45) is 0 Å². The van der Waals surface area contributed by atoms with Crippen molar-refractivity contribution in [3.63, 3.8) is 0 Å². The van der Waals surface area contributed by atoms with E-state index in [1.807, 2.05) is 23.9 Å². The van der Waals surface area contributed by atoms with E-state index in [9.17, 15) is 0 Å². The van der Waals surface area contributed by atoms with E-state index in [0.29, 0.717) is 0 Å². The van der Waals surface area contributed by atoms with E-state index in [0.717, 1.165) is 21.9 Å². The largest absolute Gasteiger partial charge is 0.397 e. The SMILES string of the molecule is Nc1c(-c2ccccc2)sc(SCc2ccccc2)c1-c1ccccc1. The number of rotatable bonds is 5. The summed E-state index contributed by atoms with van der Waals surface area (Å²) >= 11 is 3.65. The fourth-order valence-corrected chi connectivity index (χ4v) is 5.44. The van der Waals surface area contributed by atoms with E-state index in [1.54, 1.807) is 11.3 Å². The van der Waals surface area contributed by atoms with Gasteiger partial charge in [-0.2, -0.15) is 0 Å². The normalized spacial score (nSPS) is 10.8. The first kappa shape index (κ1) is 17.0. The van der Waals surface area contributed by atoms with Crippen molar-refractivity contribution in [2.45, 2.75) is 9.96 Å². The van der Waals surface area contributed by atoms with Gasteiger partial charge in [0.15, 0.2) is 0 Å². The Bertz CT molecular complexity index is 977. The van der Waals surface area contributed by atoms with Gasteiger partial charge in [0.1, 0.15) is 0 Å². The highest BCUT2D eigenvalue weighted by Crippen LogP contribution is 2.49. The molecule has 0 unspecified atom stereocenters. The number of hydrogen-bond donors (Lipinski definition) is 1. The summed E-state index contributed by atoms with van der Waals surface area (Å²) in [7, 11) is 0. The van der Waals surface area contributed by atoms with E-state index in [1.165, 1.54) is 20.9 Å². The molecule has 2 N–H and O–H groups in total. The van der Waals surface area contributed by atoms with Crippen LogP contribution in [0.2, 0.25) is 0 Å². The van der Waals surface area contributed by atoms with Crippen molar-refractivity contribution in [3.8, 4) is 21.6 Å². The van der Waals surface area contributed by atoms with Crippen molar-refractivity contribution in [2.75, 3.05) is 5.73 Å². The lowest BCUT2D eigenvalue weighted by Gasteiger charge is -2.06. The van der Waals surface area contributed by atoms with Crippen molar-refractivity contribution < 1.29 is 0 Å². The molecule has 0 atom stereocenters. The Morgan fingerprint density at radius 3 is 1.85 bits per heavy atom. The second-order valence-corrected chi connectivity index (χ2v) is 8.28. The van der Waals surface area contributed by atoms with E-state index >= 15 is 0 Å². The summed E-state index contributed by atoms with van der Waals surface area (Å²) < 4.78 is 1.27. The molecule has 0 bridgehead atoms. The second-order valence-electron chi connectivity index (χ2n) is 6.01. The van der Waals surface area contributed by atoms with Crippen molar-refractivity contribution in [3.05, 3.63) is 96.6 Å². The lowest BCUT2D eigenvalue weighted by molar-refractivity contribution is 1.41. The standard InChI is InChI=1S/C23H19NS2/c24-21-20(18-12-6-2-7-13-18)23(25-16-17-10-4-1-5-11-17)26-22(21)19-14-8-3-9-15-19/h1-15H,16,24H2. The molecule has 0 aliphatic carbocycles. The molecule has 1 aromatic heterocycles. The molecule has 0 amide bonds. The number of thiophene rings is 1. The number of hydrogen-bond acceptors (Lipinski definition) is 3. The average Bonchev–Trinajstić information content (AvgIpc) is 3.05. The molecule has 3 aromatic carbocycles. The Morgan fingerprint density at radius 2 is 1.23 bits per heavy atom. The fourth-order valence-electron chi connectivity index (χ4n) is 2.93. The first-order chi connectivity index (χ1) is 12.8. The van der Waals surface area contributed by atoms with Crippen LogP contribution in [0.4, 0.5) is 5.69 Å². The van der Waals surface area contributed by atoms with Gasteiger partial charge >= 0.3 is 0 Å². The summed E-state index contributed by atoms with van der Waals surface area (Å²) in [4.78, 5) is 1.15. The Labute approximate surface area is 162 Å². The highest BCUT2D eigenvalue weighted by molar-refractivity contribution is 8.00. The minimum Gasteiger partial charge on any atom is -0.397 e. The summed E-state index contributed by atoms with van der Waals surface area (Å²) in [6, 6.07) is 31.5. The van der Waals surface area contributed by atoms with Gasteiger partial charge in [-0.3, -0.25) is 0 Å². The molecule has 128 valence electrons. The molecular weight excluding hydrogens is 354 g/mol. The molecule has 0 fully saturated rings. The van der Waals surface area contributed by atoms with Gasteiger partial charge in [0.2, 0.25) is 0 Å². The minimum atomic E-state index is 0.878. The highest BCUT2D eigenvalue weighted by atomic mass is 32.2. The smallest absolute Gasteiger partial charge is 0.0708 e. The first-order valence-electron chi connectivity index (χ1n) is 8.53. The number of nitrogen functional groups attached to an aromatic ring is 1. The Kier molecular flexibility index (Phi) is 5.09. The summed E-state index contributed by atoms with van der Waals surface area (Å²) in [6.45, 7) is 0. The van der Waals surface area contributed by atoms with Crippen LogP contribution in [-0.4, -0.2) is 0 Å². The van der Waals surface area contributed by atoms with Crippen LogP contribution in [0.15, 0.2) is 95.2 Å². The van der Waals surface area contributed by atoms with Gasteiger partial charge in [0.25, 0.3) is 0 Å². The maximum absolute atomic E-state index is 6.63. The van der Waals surface area contributed by atoms with Crippen molar-refractivity contribution in [1.82, 2.24) is 0 Å². The summed E-state index contributed by atoms with van der Waals surface area (Å²) in [6.07, 6.45) is 0. The van der Waals surface area contributed by atoms with E-state index in [-0.39, 0.29) is 0 Å². The van der Waals surface area contributed by atoms with Gasteiger partial charge < -0.3 is 5.73 Å². The Morgan fingerprint density at radius 1 is 0.692 bits per heavy atom. The molecule has 1 heterocycles. The summed E-state index contributed by atoms with van der Waals surface area (Å²) in [5.74, 6) is 0.939.